The molecule has 0 N–H and O–H groups in total. The van der Waals surface area contributed by atoms with Crippen molar-refractivity contribution in [2.24, 2.45) is 0 Å². The van der Waals surface area contributed by atoms with E-state index in [1.54, 1.807) is 13.4 Å². The van der Waals surface area contributed by atoms with Crippen LogP contribution >= 0.6 is 0 Å². The minimum atomic E-state index is 0.262. The van der Waals surface area contributed by atoms with E-state index < -0.39 is 0 Å². The third kappa shape index (κ3) is 2.82. The highest BCUT2D eigenvalue weighted by molar-refractivity contribution is 5.88. The van der Waals surface area contributed by atoms with E-state index in [0.717, 1.165) is 22.3 Å². The maximum atomic E-state index is 12.9. The minimum absolute atomic E-state index is 0.262. The predicted molar refractivity (Wildman–Crippen MR) is 88.6 cm³/mol. The second kappa shape index (κ2) is 5.91. The number of fused-ring (bicyclic) bond motifs is 1. The number of hydrogen-bond acceptors (Lipinski definition) is 3. The van der Waals surface area contributed by atoms with Crippen molar-refractivity contribution in [3.05, 3.63) is 30.0 Å². The number of furan rings is 1. The first-order valence-corrected chi connectivity index (χ1v) is 8.61. The van der Waals surface area contributed by atoms with Gasteiger partial charge in [0.25, 0.3) is 0 Å². The Balaban J connectivity index is 1.55. The van der Waals surface area contributed by atoms with Crippen LogP contribution in [-0.2, 0) is 11.2 Å². The maximum Gasteiger partial charge on any atom is 0.227 e. The SMILES string of the molecule is COc1ccc2c(CC(=O)N(C3CCCC3)C3CC3)coc2c1. The van der Waals surface area contributed by atoms with Gasteiger partial charge < -0.3 is 14.1 Å². The average molecular weight is 313 g/mol. The Labute approximate surface area is 136 Å². The molecule has 1 aromatic carbocycles. The monoisotopic (exact) mass is 313 g/mol. The van der Waals surface area contributed by atoms with Gasteiger partial charge in [0.2, 0.25) is 5.91 Å². The molecule has 2 saturated carbocycles. The van der Waals surface area contributed by atoms with E-state index in [1.807, 2.05) is 18.2 Å². The molecule has 0 radical (unpaired) electrons. The first-order valence-electron chi connectivity index (χ1n) is 8.61. The molecule has 2 aromatic rings. The van der Waals surface area contributed by atoms with Gasteiger partial charge in [-0.2, -0.15) is 0 Å². The van der Waals surface area contributed by atoms with Crippen molar-refractivity contribution in [1.82, 2.24) is 4.90 Å². The smallest absolute Gasteiger partial charge is 0.227 e. The number of nitrogens with zero attached hydrogens (tertiary/aromatic N) is 1. The molecule has 2 aliphatic carbocycles. The fourth-order valence-electron chi connectivity index (χ4n) is 3.82. The van der Waals surface area contributed by atoms with Gasteiger partial charge in [-0.05, 0) is 37.8 Å². The van der Waals surface area contributed by atoms with Gasteiger partial charge in [0.15, 0.2) is 0 Å². The topological polar surface area (TPSA) is 42.7 Å². The predicted octanol–water partition coefficient (Wildman–Crippen LogP) is 3.92. The zero-order valence-electron chi connectivity index (χ0n) is 13.6. The van der Waals surface area contributed by atoms with E-state index >= 15 is 0 Å². The summed E-state index contributed by atoms with van der Waals surface area (Å²) >= 11 is 0. The Bertz CT molecular complexity index is 710. The van der Waals surface area contributed by atoms with Crippen LogP contribution in [0, 0.1) is 0 Å². The van der Waals surface area contributed by atoms with Gasteiger partial charge in [-0.3, -0.25) is 4.79 Å². The molecule has 1 aromatic heterocycles. The molecule has 0 aliphatic heterocycles. The van der Waals surface area contributed by atoms with Crippen molar-refractivity contribution in [3.8, 4) is 5.75 Å². The van der Waals surface area contributed by atoms with E-state index in [1.165, 1.54) is 38.5 Å². The van der Waals surface area contributed by atoms with Gasteiger partial charge in [-0.25, -0.2) is 0 Å². The van der Waals surface area contributed by atoms with Crippen molar-refractivity contribution in [3.63, 3.8) is 0 Å². The highest BCUT2D eigenvalue weighted by atomic mass is 16.5. The number of benzene rings is 1. The molecule has 1 amide bonds. The van der Waals surface area contributed by atoms with Crippen LogP contribution in [0.25, 0.3) is 11.0 Å². The van der Waals surface area contributed by atoms with Gasteiger partial charge in [-0.15, -0.1) is 0 Å². The van der Waals surface area contributed by atoms with Crippen molar-refractivity contribution in [2.45, 2.75) is 57.0 Å². The van der Waals surface area contributed by atoms with Crippen LogP contribution in [0.5, 0.6) is 5.75 Å². The van der Waals surface area contributed by atoms with E-state index in [4.69, 9.17) is 9.15 Å². The standard InChI is InChI=1S/C19H23NO3/c1-22-16-8-9-17-13(12-23-18(17)11-16)10-19(21)20(15-6-7-15)14-4-2-3-5-14/h8-9,11-12,14-15H,2-7,10H2,1H3. The van der Waals surface area contributed by atoms with Crippen LogP contribution in [-0.4, -0.2) is 30.0 Å². The van der Waals surface area contributed by atoms with Crippen LogP contribution < -0.4 is 4.74 Å². The van der Waals surface area contributed by atoms with Gasteiger partial charge in [0.05, 0.1) is 19.8 Å². The Morgan fingerprint density at radius 3 is 2.65 bits per heavy atom. The van der Waals surface area contributed by atoms with Crippen molar-refractivity contribution in [2.75, 3.05) is 7.11 Å². The minimum Gasteiger partial charge on any atom is -0.497 e. The first kappa shape index (κ1) is 14.6. The molecule has 1 heterocycles. The summed E-state index contributed by atoms with van der Waals surface area (Å²) < 4.78 is 10.8. The fraction of sp³-hybridized carbons (Fsp3) is 0.526. The molecule has 0 spiro atoms. The van der Waals surface area contributed by atoms with Crippen molar-refractivity contribution < 1.29 is 13.9 Å². The highest BCUT2D eigenvalue weighted by Crippen LogP contribution is 2.35. The van der Waals surface area contributed by atoms with Crippen LogP contribution in [0.3, 0.4) is 0 Å². The summed E-state index contributed by atoms with van der Waals surface area (Å²) in [6, 6.07) is 6.73. The molecular weight excluding hydrogens is 290 g/mol. The van der Waals surface area contributed by atoms with Crippen LogP contribution in [0.2, 0.25) is 0 Å². The van der Waals surface area contributed by atoms with Crippen molar-refractivity contribution >= 4 is 16.9 Å². The zero-order chi connectivity index (χ0) is 15.8. The second-order valence-corrected chi connectivity index (χ2v) is 6.77. The third-order valence-corrected chi connectivity index (χ3v) is 5.15. The lowest BCUT2D eigenvalue weighted by Crippen LogP contribution is -2.41. The van der Waals surface area contributed by atoms with Crippen LogP contribution in [0.15, 0.2) is 28.9 Å². The first-order chi connectivity index (χ1) is 11.3. The molecule has 0 saturated heterocycles. The number of hydrogen-bond donors (Lipinski definition) is 0. The van der Waals surface area contributed by atoms with E-state index in [-0.39, 0.29) is 5.91 Å². The highest BCUT2D eigenvalue weighted by Gasteiger charge is 2.38. The summed E-state index contributed by atoms with van der Waals surface area (Å²) in [5.41, 5.74) is 1.77. The molecule has 0 unspecified atom stereocenters. The number of carbonyl (C=O) groups is 1. The molecule has 2 aliphatic rings. The molecule has 122 valence electrons. The lowest BCUT2D eigenvalue weighted by Gasteiger charge is -2.29. The number of carbonyl (C=O) groups excluding carboxylic acids is 1. The van der Waals surface area contributed by atoms with E-state index in [0.29, 0.717) is 18.5 Å². The average Bonchev–Trinajstić information content (AvgIpc) is 3.09. The Morgan fingerprint density at radius 2 is 1.96 bits per heavy atom. The van der Waals surface area contributed by atoms with Crippen molar-refractivity contribution in [1.29, 1.82) is 0 Å². The molecule has 23 heavy (non-hydrogen) atoms. The molecule has 0 atom stereocenters. The number of ether oxygens (including phenoxy) is 1. The molecule has 2 fully saturated rings. The molecule has 0 bridgehead atoms. The molecular formula is C19H23NO3. The Hall–Kier alpha value is -1.97. The number of methoxy groups -OCH3 is 1. The molecule has 4 nitrogen and oxygen atoms in total. The summed E-state index contributed by atoms with van der Waals surface area (Å²) in [5.74, 6) is 1.04. The third-order valence-electron chi connectivity index (χ3n) is 5.15. The fourth-order valence-corrected chi connectivity index (χ4v) is 3.82. The summed E-state index contributed by atoms with van der Waals surface area (Å²) in [6.45, 7) is 0. The lowest BCUT2D eigenvalue weighted by molar-refractivity contribution is -0.133. The molecule has 4 rings (SSSR count). The Kier molecular flexibility index (Phi) is 3.76. The van der Waals surface area contributed by atoms with Gasteiger partial charge in [0.1, 0.15) is 11.3 Å². The number of rotatable bonds is 5. The van der Waals surface area contributed by atoms with E-state index in [9.17, 15) is 4.79 Å². The number of amides is 1. The van der Waals surface area contributed by atoms with Crippen LogP contribution in [0.4, 0.5) is 0 Å². The lowest BCUT2D eigenvalue weighted by atomic mass is 10.1. The molecule has 4 heteroatoms. The van der Waals surface area contributed by atoms with Crippen LogP contribution in [0.1, 0.15) is 44.1 Å². The maximum absolute atomic E-state index is 12.9. The largest absolute Gasteiger partial charge is 0.497 e. The summed E-state index contributed by atoms with van der Waals surface area (Å²) in [5, 5.41) is 1.02. The summed E-state index contributed by atoms with van der Waals surface area (Å²) in [6.07, 6.45) is 9.37. The van der Waals surface area contributed by atoms with Gasteiger partial charge >= 0.3 is 0 Å². The normalized spacial score (nSPS) is 18.5. The summed E-state index contributed by atoms with van der Waals surface area (Å²) in [7, 11) is 1.64. The van der Waals surface area contributed by atoms with Gasteiger partial charge in [0, 0.05) is 29.1 Å². The summed E-state index contributed by atoms with van der Waals surface area (Å²) in [4.78, 5) is 15.1. The quantitative estimate of drug-likeness (QED) is 0.840. The zero-order valence-corrected chi connectivity index (χ0v) is 13.6. The van der Waals surface area contributed by atoms with E-state index in [2.05, 4.69) is 4.90 Å². The Morgan fingerprint density at radius 1 is 1.22 bits per heavy atom. The van der Waals surface area contributed by atoms with Gasteiger partial charge in [-0.1, -0.05) is 12.8 Å². The second-order valence-electron chi connectivity index (χ2n) is 6.77.